The van der Waals surface area contributed by atoms with Crippen molar-refractivity contribution in [3.63, 3.8) is 0 Å². The van der Waals surface area contributed by atoms with E-state index in [-0.39, 0.29) is 5.69 Å². The lowest BCUT2D eigenvalue weighted by molar-refractivity contribution is 0.101. The van der Waals surface area contributed by atoms with Crippen LogP contribution in [0.2, 0.25) is 0 Å². The second-order valence-electron chi connectivity index (χ2n) is 4.96. The minimum absolute atomic E-state index is 0.174. The van der Waals surface area contributed by atoms with Gasteiger partial charge in [-0.15, -0.1) is 0 Å². The lowest BCUT2D eigenvalue weighted by Gasteiger charge is -2.05. The molecule has 0 saturated heterocycles. The van der Waals surface area contributed by atoms with Crippen molar-refractivity contribution in [2.24, 2.45) is 5.73 Å². The lowest BCUT2D eigenvalue weighted by atomic mass is 10.1. The zero-order chi connectivity index (χ0) is 16.9. The van der Waals surface area contributed by atoms with Crippen LogP contribution in [0.4, 0.5) is 16.2 Å². The highest BCUT2D eigenvalue weighted by Gasteiger charge is 2.13. The lowest BCUT2D eigenvalue weighted by Crippen LogP contribution is -2.19. The molecule has 3 rings (SSSR count). The van der Waals surface area contributed by atoms with Crippen LogP contribution in [0, 0.1) is 0 Å². The fourth-order valence-corrected chi connectivity index (χ4v) is 2.09. The predicted molar refractivity (Wildman–Crippen MR) is 89.5 cm³/mol. The Morgan fingerprint density at radius 2 is 1.54 bits per heavy atom. The molecule has 1 aromatic heterocycles. The van der Waals surface area contributed by atoms with Crippen molar-refractivity contribution >= 4 is 23.3 Å². The van der Waals surface area contributed by atoms with Crippen LogP contribution >= 0.6 is 0 Å². The molecule has 0 fully saturated rings. The molecule has 3 amide bonds. The van der Waals surface area contributed by atoms with E-state index in [1.165, 1.54) is 0 Å². The van der Waals surface area contributed by atoms with E-state index in [1.807, 2.05) is 30.3 Å². The Labute approximate surface area is 137 Å². The van der Waals surface area contributed by atoms with E-state index >= 15 is 0 Å². The largest absolute Gasteiger partial charge is 0.355 e. The molecule has 4 N–H and O–H groups in total. The van der Waals surface area contributed by atoms with Gasteiger partial charge in [-0.3, -0.25) is 4.79 Å². The van der Waals surface area contributed by atoms with Gasteiger partial charge < -0.3 is 20.9 Å². The number of anilines is 2. The summed E-state index contributed by atoms with van der Waals surface area (Å²) >= 11 is 0. The number of primary amides is 1. The zero-order valence-electron chi connectivity index (χ0n) is 12.5. The van der Waals surface area contributed by atoms with Crippen molar-refractivity contribution in [3.05, 3.63) is 66.4 Å². The fourth-order valence-electron chi connectivity index (χ4n) is 2.09. The van der Waals surface area contributed by atoms with Crippen LogP contribution in [0.5, 0.6) is 0 Å². The van der Waals surface area contributed by atoms with Crippen LogP contribution in [-0.4, -0.2) is 17.1 Å². The van der Waals surface area contributed by atoms with Crippen LogP contribution < -0.4 is 16.4 Å². The normalized spacial score (nSPS) is 10.2. The van der Waals surface area contributed by atoms with Gasteiger partial charge in [0.25, 0.3) is 5.91 Å². The molecule has 0 aliphatic carbocycles. The summed E-state index contributed by atoms with van der Waals surface area (Å²) in [6.07, 6.45) is 0. The third-order valence-corrected chi connectivity index (χ3v) is 3.21. The first kappa shape index (κ1) is 15.3. The van der Waals surface area contributed by atoms with Crippen LogP contribution in [-0.2, 0) is 0 Å². The van der Waals surface area contributed by atoms with E-state index in [0.29, 0.717) is 17.1 Å². The average Bonchev–Trinajstić information content (AvgIpc) is 3.07. The summed E-state index contributed by atoms with van der Waals surface area (Å²) < 4.78 is 5.20. The Balaban J connectivity index is 1.69. The summed E-state index contributed by atoms with van der Waals surface area (Å²) in [5.74, 6) is 0.123. The number of amides is 3. The van der Waals surface area contributed by atoms with E-state index < -0.39 is 11.9 Å². The van der Waals surface area contributed by atoms with Crippen LogP contribution in [0.15, 0.2) is 65.2 Å². The molecule has 7 nitrogen and oxygen atoms in total. The van der Waals surface area contributed by atoms with Gasteiger partial charge in [-0.1, -0.05) is 35.5 Å². The molecular weight excluding hydrogens is 308 g/mol. The molecule has 0 unspecified atom stereocenters. The molecule has 1 heterocycles. The number of hydrogen-bond acceptors (Lipinski definition) is 4. The maximum Gasteiger partial charge on any atom is 0.316 e. The SMILES string of the molecule is NC(=O)Nc1ccc(NC(=O)c2cc(-c3ccccc3)on2)cc1. The summed E-state index contributed by atoms with van der Waals surface area (Å²) in [5.41, 5.74) is 7.13. The molecule has 120 valence electrons. The third-order valence-electron chi connectivity index (χ3n) is 3.21. The molecule has 0 aliphatic heterocycles. The number of rotatable bonds is 4. The van der Waals surface area contributed by atoms with Crippen molar-refractivity contribution < 1.29 is 14.1 Å². The number of aromatic nitrogens is 1. The van der Waals surface area contributed by atoms with E-state index in [0.717, 1.165) is 5.56 Å². The monoisotopic (exact) mass is 322 g/mol. The van der Waals surface area contributed by atoms with Gasteiger partial charge in [0, 0.05) is 23.0 Å². The van der Waals surface area contributed by atoms with Crippen LogP contribution in [0.3, 0.4) is 0 Å². The second-order valence-corrected chi connectivity index (χ2v) is 4.96. The van der Waals surface area contributed by atoms with Gasteiger partial charge in [0.2, 0.25) is 0 Å². The van der Waals surface area contributed by atoms with Gasteiger partial charge in [-0.2, -0.15) is 0 Å². The summed E-state index contributed by atoms with van der Waals surface area (Å²) in [7, 11) is 0. The Morgan fingerprint density at radius 1 is 0.917 bits per heavy atom. The number of benzene rings is 2. The second kappa shape index (κ2) is 6.66. The quantitative estimate of drug-likeness (QED) is 0.685. The molecule has 24 heavy (non-hydrogen) atoms. The minimum Gasteiger partial charge on any atom is -0.355 e. The Bertz CT molecular complexity index is 857. The maximum atomic E-state index is 12.2. The summed E-state index contributed by atoms with van der Waals surface area (Å²) in [6, 6.07) is 16.8. The average molecular weight is 322 g/mol. The smallest absolute Gasteiger partial charge is 0.316 e. The highest BCUT2D eigenvalue weighted by Crippen LogP contribution is 2.20. The number of hydrogen-bond donors (Lipinski definition) is 3. The molecule has 2 aromatic carbocycles. The summed E-state index contributed by atoms with van der Waals surface area (Å²) in [4.78, 5) is 23.0. The van der Waals surface area contributed by atoms with Gasteiger partial charge in [0.15, 0.2) is 11.5 Å². The maximum absolute atomic E-state index is 12.2. The fraction of sp³-hybridized carbons (Fsp3) is 0. The van der Waals surface area contributed by atoms with E-state index in [9.17, 15) is 9.59 Å². The van der Waals surface area contributed by atoms with Gasteiger partial charge in [-0.05, 0) is 24.3 Å². The summed E-state index contributed by atoms with van der Waals surface area (Å²) in [5, 5.41) is 8.92. The highest BCUT2D eigenvalue weighted by atomic mass is 16.5. The van der Waals surface area contributed by atoms with Crippen molar-refractivity contribution in [2.75, 3.05) is 10.6 Å². The number of nitrogens with one attached hydrogen (secondary N) is 2. The first-order valence-electron chi connectivity index (χ1n) is 7.12. The Morgan fingerprint density at radius 3 is 2.17 bits per heavy atom. The molecule has 0 spiro atoms. The van der Waals surface area contributed by atoms with Crippen molar-refractivity contribution in [1.82, 2.24) is 5.16 Å². The van der Waals surface area contributed by atoms with Crippen LogP contribution in [0.1, 0.15) is 10.5 Å². The molecule has 0 saturated carbocycles. The predicted octanol–water partition coefficient (Wildman–Crippen LogP) is 3.08. The van der Waals surface area contributed by atoms with Crippen LogP contribution in [0.25, 0.3) is 11.3 Å². The van der Waals surface area contributed by atoms with Crippen molar-refractivity contribution in [1.29, 1.82) is 0 Å². The third kappa shape index (κ3) is 3.58. The van der Waals surface area contributed by atoms with Crippen molar-refractivity contribution in [2.45, 2.75) is 0 Å². The van der Waals surface area contributed by atoms with E-state index in [4.69, 9.17) is 10.3 Å². The molecule has 0 bridgehead atoms. The van der Waals surface area contributed by atoms with Crippen molar-refractivity contribution in [3.8, 4) is 11.3 Å². The molecule has 0 aliphatic rings. The molecule has 3 aromatic rings. The molecule has 7 heteroatoms. The van der Waals surface area contributed by atoms with E-state index in [1.54, 1.807) is 30.3 Å². The first-order valence-corrected chi connectivity index (χ1v) is 7.12. The highest BCUT2D eigenvalue weighted by molar-refractivity contribution is 6.03. The number of nitrogens with two attached hydrogens (primary N) is 1. The number of carbonyl (C=O) groups excluding carboxylic acids is 2. The Hall–Kier alpha value is -3.61. The van der Waals surface area contributed by atoms with Gasteiger partial charge >= 0.3 is 6.03 Å². The molecule has 0 atom stereocenters. The number of urea groups is 1. The number of nitrogens with zero attached hydrogens (tertiary/aromatic N) is 1. The standard InChI is InChI=1S/C17H14N4O3/c18-17(23)20-13-8-6-12(7-9-13)19-16(22)14-10-15(24-21-14)11-4-2-1-3-5-11/h1-10H,(H,19,22)(H3,18,20,23). The number of carbonyl (C=O) groups is 2. The summed E-state index contributed by atoms with van der Waals surface area (Å²) in [6.45, 7) is 0. The van der Waals surface area contributed by atoms with Gasteiger partial charge in [0.1, 0.15) is 0 Å². The van der Waals surface area contributed by atoms with Gasteiger partial charge in [-0.25, -0.2) is 4.79 Å². The van der Waals surface area contributed by atoms with Gasteiger partial charge in [0.05, 0.1) is 0 Å². The van der Waals surface area contributed by atoms with E-state index in [2.05, 4.69) is 15.8 Å². The zero-order valence-corrected chi connectivity index (χ0v) is 12.5. The Kier molecular flexibility index (Phi) is 4.24. The minimum atomic E-state index is -0.650. The topological polar surface area (TPSA) is 110 Å². The first-order chi connectivity index (χ1) is 11.6. The molecular formula is C17H14N4O3. The molecule has 0 radical (unpaired) electrons.